The molecule has 0 saturated heterocycles. The Morgan fingerprint density at radius 3 is 2.26 bits per heavy atom. The number of carbonyl (C=O) groups is 1. The Bertz CT molecular complexity index is 630. The first kappa shape index (κ1) is 12.8. The number of hydrogen-bond donors (Lipinski definition) is 0. The Morgan fingerprint density at radius 1 is 1.16 bits per heavy atom. The zero-order chi connectivity index (χ0) is 13.8. The molecule has 5 heteroatoms. The molecule has 1 heterocycles. The quantitative estimate of drug-likeness (QED) is 0.795. The van der Waals surface area contributed by atoms with Crippen molar-refractivity contribution < 1.29 is 13.6 Å². The molecule has 0 aliphatic heterocycles. The van der Waals surface area contributed by atoms with Crippen LogP contribution < -0.4 is 0 Å². The topological polar surface area (TPSA) is 53.8 Å². The van der Waals surface area contributed by atoms with Gasteiger partial charge < -0.3 is 0 Å². The number of carbonyl (C=O) groups excluding carboxylic acids is 1. The predicted octanol–water partition coefficient (Wildman–Crippen LogP) is 2.85. The third-order valence-corrected chi connectivity index (χ3v) is 2.58. The number of pyridine rings is 1. The molecule has 0 saturated carbocycles. The van der Waals surface area contributed by atoms with E-state index in [1.807, 2.05) is 6.07 Å². The van der Waals surface area contributed by atoms with Gasteiger partial charge in [-0.25, -0.2) is 8.78 Å². The van der Waals surface area contributed by atoms with Gasteiger partial charge in [-0.05, 0) is 29.8 Å². The molecule has 94 valence electrons. The van der Waals surface area contributed by atoms with Crippen molar-refractivity contribution in [2.24, 2.45) is 0 Å². The number of nitrogens with zero attached hydrogens (tertiary/aromatic N) is 2. The van der Waals surface area contributed by atoms with Gasteiger partial charge in [0.2, 0.25) is 0 Å². The number of nitriles is 1. The molecule has 0 amide bonds. The van der Waals surface area contributed by atoms with E-state index in [9.17, 15) is 13.6 Å². The SMILES string of the molecule is N#CC(C(=O)c1cc(F)cc(F)c1)c1ccncc1. The van der Waals surface area contributed by atoms with E-state index >= 15 is 0 Å². The summed E-state index contributed by atoms with van der Waals surface area (Å²) in [5, 5.41) is 9.07. The number of hydrogen-bond acceptors (Lipinski definition) is 3. The average molecular weight is 258 g/mol. The van der Waals surface area contributed by atoms with Crippen molar-refractivity contribution >= 4 is 5.78 Å². The molecule has 3 nitrogen and oxygen atoms in total. The second-order valence-corrected chi connectivity index (χ2v) is 3.87. The normalized spacial score (nSPS) is 11.6. The third kappa shape index (κ3) is 2.80. The molecule has 1 unspecified atom stereocenters. The Kier molecular flexibility index (Phi) is 3.62. The van der Waals surface area contributed by atoms with Gasteiger partial charge in [0.25, 0.3) is 0 Å². The predicted molar refractivity (Wildman–Crippen MR) is 63.3 cm³/mol. The summed E-state index contributed by atoms with van der Waals surface area (Å²) in [4.78, 5) is 15.9. The Balaban J connectivity index is 2.40. The van der Waals surface area contributed by atoms with Crippen LogP contribution in [0.15, 0.2) is 42.7 Å². The summed E-state index contributed by atoms with van der Waals surface area (Å²) < 4.78 is 26.1. The van der Waals surface area contributed by atoms with Crippen LogP contribution in [0.1, 0.15) is 21.8 Å². The van der Waals surface area contributed by atoms with Gasteiger partial charge in [-0.1, -0.05) is 0 Å². The van der Waals surface area contributed by atoms with E-state index in [0.29, 0.717) is 11.6 Å². The Hall–Kier alpha value is -2.61. The van der Waals surface area contributed by atoms with Gasteiger partial charge in [0.1, 0.15) is 17.6 Å². The molecule has 0 spiro atoms. The van der Waals surface area contributed by atoms with Crippen LogP contribution in [-0.4, -0.2) is 10.8 Å². The molecule has 0 fully saturated rings. The first-order valence-electron chi connectivity index (χ1n) is 5.41. The fourth-order valence-electron chi connectivity index (χ4n) is 1.70. The highest BCUT2D eigenvalue weighted by Crippen LogP contribution is 2.21. The van der Waals surface area contributed by atoms with Crippen molar-refractivity contribution in [1.82, 2.24) is 4.98 Å². The highest BCUT2D eigenvalue weighted by Gasteiger charge is 2.22. The van der Waals surface area contributed by atoms with Gasteiger partial charge >= 0.3 is 0 Å². The maximum absolute atomic E-state index is 13.1. The maximum Gasteiger partial charge on any atom is 0.184 e. The van der Waals surface area contributed by atoms with E-state index in [1.54, 1.807) is 0 Å². The van der Waals surface area contributed by atoms with Crippen LogP contribution in [0.25, 0.3) is 0 Å². The molecule has 2 aromatic rings. The van der Waals surface area contributed by atoms with Gasteiger partial charge in [-0.2, -0.15) is 5.26 Å². The summed E-state index contributed by atoms with van der Waals surface area (Å²) in [7, 11) is 0. The standard InChI is InChI=1S/C14H8F2N2O/c15-11-5-10(6-12(16)7-11)14(19)13(8-17)9-1-3-18-4-2-9/h1-7,13H. The van der Waals surface area contributed by atoms with Gasteiger partial charge in [0, 0.05) is 24.0 Å². The van der Waals surface area contributed by atoms with E-state index in [2.05, 4.69) is 4.98 Å². The fourth-order valence-corrected chi connectivity index (χ4v) is 1.70. The zero-order valence-electron chi connectivity index (χ0n) is 9.68. The summed E-state index contributed by atoms with van der Waals surface area (Å²) in [5.41, 5.74) is 0.271. The summed E-state index contributed by atoms with van der Waals surface area (Å²) in [6, 6.07) is 7.36. The zero-order valence-corrected chi connectivity index (χ0v) is 9.68. The average Bonchev–Trinajstić information content (AvgIpc) is 2.39. The van der Waals surface area contributed by atoms with Crippen molar-refractivity contribution in [3.63, 3.8) is 0 Å². The molecular formula is C14H8F2N2O. The second-order valence-electron chi connectivity index (χ2n) is 3.87. The van der Waals surface area contributed by atoms with Crippen molar-refractivity contribution in [2.45, 2.75) is 5.92 Å². The monoisotopic (exact) mass is 258 g/mol. The largest absolute Gasteiger partial charge is 0.292 e. The lowest BCUT2D eigenvalue weighted by Gasteiger charge is -2.08. The summed E-state index contributed by atoms with van der Waals surface area (Å²) >= 11 is 0. The highest BCUT2D eigenvalue weighted by atomic mass is 19.1. The Labute approximate surface area is 108 Å². The maximum atomic E-state index is 13.1. The Morgan fingerprint density at radius 2 is 1.74 bits per heavy atom. The van der Waals surface area contributed by atoms with Crippen molar-refractivity contribution in [2.75, 3.05) is 0 Å². The minimum Gasteiger partial charge on any atom is -0.292 e. The number of halogens is 2. The molecule has 0 N–H and O–H groups in total. The lowest BCUT2D eigenvalue weighted by molar-refractivity contribution is 0.0978. The van der Waals surface area contributed by atoms with Crippen LogP contribution in [0.4, 0.5) is 8.78 Å². The lowest BCUT2D eigenvalue weighted by Crippen LogP contribution is -2.12. The van der Waals surface area contributed by atoms with Crippen LogP contribution >= 0.6 is 0 Å². The molecule has 0 aliphatic carbocycles. The number of Topliss-reactive ketones (excluding diaryl/α,β-unsaturated/α-hetero) is 1. The summed E-state index contributed by atoms with van der Waals surface area (Å²) in [6.07, 6.45) is 2.89. The van der Waals surface area contributed by atoms with Gasteiger partial charge in [-0.15, -0.1) is 0 Å². The van der Waals surface area contributed by atoms with E-state index in [0.717, 1.165) is 12.1 Å². The van der Waals surface area contributed by atoms with Crippen molar-refractivity contribution in [3.8, 4) is 6.07 Å². The third-order valence-electron chi connectivity index (χ3n) is 2.58. The van der Waals surface area contributed by atoms with Crippen LogP contribution in [0.2, 0.25) is 0 Å². The molecule has 0 bridgehead atoms. The van der Waals surface area contributed by atoms with Crippen molar-refractivity contribution in [1.29, 1.82) is 5.26 Å². The molecule has 1 aromatic carbocycles. The van der Waals surface area contributed by atoms with Crippen LogP contribution in [0.3, 0.4) is 0 Å². The number of ketones is 1. The van der Waals surface area contributed by atoms with Gasteiger partial charge in [0.15, 0.2) is 5.78 Å². The molecule has 1 aromatic heterocycles. The van der Waals surface area contributed by atoms with Crippen LogP contribution in [-0.2, 0) is 0 Å². The van der Waals surface area contributed by atoms with Crippen LogP contribution in [0.5, 0.6) is 0 Å². The fraction of sp³-hybridized carbons (Fsp3) is 0.0714. The minimum atomic E-state index is -1.11. The van der Waals surface area contributed by atoms with E-state index in [-0.39, 0.29) is 5.56 Å². The number of benzene rings is 1. The van der Waals surface area contributed by atoms with Crippen molar-refractivity contribution in [3.05, 3.63) is 65.5 Å². The highest BCUT2D eigenvalue weighted by molar-refractivity contribution is 6.02. The second kappa shape index (κ2) is 5.36. The summed E-state index contributed by atoms with van der Waals surface area (Å²) in [6.45, 7) is 0. The van der Waals surface area contributed by atoms with E-state index < -0.39 is 23.3 Å². The minimum absolute atomic E-state index is 0.166. The smallest absolute Gasteiger partial charge is 0.184 e. The van der Waals surface area contributed by atoms with Gasteiger partial charge in [0.05, 0.1) is 6.07 Å². The van der Waals surface area contributed by atoms with Crippen LogP contribution in [0, 0.1) is 23.0 Å². The number of aromatic nitrogens is 1. The molecule has 2 rings (SSSR count). The van der Waals surface area contributed by atoms with E-state index in [4.69, 9.17) is 5.26 Å². The molecule has 1 atom stereocenters. The molecule has 0 radical (unpaired) electrons. The lowest BCUT2D eigenvalue weighted by atomic mass is 9.92. The first-order valence-corrected chi connectivity index (χ1v) is 5.41. The molecule has 19 heavy (non-hydrogen) atoms. The van der Waals surface area contributed by atoms with Gasteiger partial charge in [-0.3, -0.25) is 9.78 Å². The molecular weight excluding hydrogens is 250 g/mol. The first-order chi connectivity index (χ1) is 9.11. The number of rotatable bonds is 3. The molecule has 0 aliphatic rings. The summed E-state index contributed by atoms with van der Waals surface area (Å²) in [5.74, 6) is -3.46. The van der Waals surface area contributed by atoms with E-state index in [1.165, 1.54) is 24.5 Å².